The molecule has 0 bridgehead atoms. The first-order valence-corrected chi connectivity index (χ1v) is 9.65. The van der Waals surface area contributed by atoms with Gasteiger partial charge in [-0.05, 0) is 31.0 Å². The Bertz CT molecular complexity index is 820. The van der Waals surface area contributed by atoms with Crippen LogP contribution in [-0.4, -0.2) is 37.1 Å². The molecule has 8 heteroatoms. The van der Waals surface area contributed by atoms with Crippen molar-refractivity contribution in [3.05, 3.63) is 52.3 Å². The molecule has 4 rings (SSSR count). The summed E-state index contributed by atoms with van der Waals surface area (Å²) in [5, 5.41) is 6.32. The van der Waals surface area contributed by atoms with Gasteiger partial charge < -0.3 is 5.73 Å². The van der Waals surface area contributed by atoms with Gasteiger partial charge in [-0.15, -0.1) is 0 Å². The van der Waals surface area contributed by atoms with E-state index in [9.17, 15) is 13.0 Å². The Morgan fingerprint density at radius 2 is 2.16 bits per heavy atom. The van der Waals surface area contributed by atoms with Crippen molar-refractivity contribution < 1.29 is 13.0 Å². The highest BCUT2D eigenvalue weighted by Crippen LogP contribution is 2.36. The zero-order chi connectivity index (χ0) is 17.7. The summed E-state index contributed by atoms with van der Waals surface area (Å²) in [6.45, 7) is 2.98. The van der Waals surface area contributed by atoms with E-state index >= 15 is 0 Å². The molecule has 0 radical (unpaired) electrons. The number of halogens is 2. The number of nitrogens with two attached hydrogens (primary N) is 1. The second-order valence-corrected chi connectivity index (χ2v) is 8.53. The Kier molecular flexibility index (Phi) is 4.21. The first kappa shape index (κ1) is 16.8. The van der Waals surface area contributed by atoms with Gasteiger partial charge in [-0.1, -0.05) is 0 Å². The van der Waals surface area contributed by atoms with Crippen molar-refractivity contribution in [3.8, 4) is 0 Å². The molecule has 1 aromatic carbocycles. The van der Waals surface area contributed by atoms with Crippen LogP contribution >= 0.6 is 0 Å². The maximum Gasteiger partial charge on any atom is 0.130 e. The molecule has 2 unspecified atom stereocenters. The van der Waals surface area contributed by atoms with Crippen LogP contribution in [-0.2, 0) is 23.9 Å². The van der Waals surface area contributed by atoms with Gasteiger partial charge in [-0.25, -0.2) is 8.78 Å². The van der Waals surface area contributed by atoms with E-state index < -0.39 is 33.7 Å². The third-order valence-corrected chi connectivity index (χ3v) is 7.07. The molecule has 0 amide bonds. The van der Waals surface area contributed by atoms with Crippen molar-refractivity contribution in [1.29, 1.82) is 0 Å². The predicted octanol–water partition coefficient (Wildman–Crippen LogP) is 1.90. The first-order valence-electron chi connectivity index (χ1n) is 8.27. The largest absolute Gasteiger partial charge is 0.326 e. The van der Waals surface area contributed by atoms with Crippen molar-refractivity contribution in [2.24, 2.45) is 5.73 Å². The minimum atomic E-state index is -1.36. The van der Waals surface area contributed by atoms with Crippen molar-refractivity contribution in [3.63, 3.8) is 0 Å². The highest BCUT2D eigenvalue weighted by Gasteiger charge is 2.40. The number of nitrogens with zero attached hydrogens (tertiary/aromatic N) is 2. The molecule has 25 heavy (non-hydrogen) atoms. The van der Waals surface area contributed by atoms with Crippen LogP contribution in [0.1, 0.15) is 34.1 Å². The highest BCUT2D eigenvalue weighted by molar-refractivity contribution is 7.85. The summed E-state index contributed by atoms with van der Waals surface area (Å²) in [5.41, 5.74) is 8.85. The molecule has 0 aliphatic carbocycles. The fourth-order valence-electron chi connectivity index (χ4n) is 3.93. The lowest BCUT2D eigenvalue weighted by Gasteiger charge is -2.38. The summed E-state index contributed by atoms with van der Waals surface area (Å²) in [5.74, 6) is -0.618. The third kappa shape index (κ3) is 2.92. The second-order valence-electron chi connectivity index (χ2n) is 6.93. The minimum absolute atomic E-state index is 0.0607. The van der Waals surface area contributed by atoms with E-state index in [1.54, 1.807) is 0 Å². The fourth-order valence-corrected chi connectivity index (χ4v) is 5.82. The normalized spacial score (nSPS) is 29.8. The number of nitrogens with one attached hydrogen (secondary N) is 1. The van der Waals surface area contributed by atoms with Crippen molar-refractivity contribution in [1.82, 2.24) is 15.1 Å². The van der Waals surface area contributed by atoms with Crippen LogP contribution < -0.4 is 5.73 Å². The number of rotatable bonds is 2. The molecule has 2 aromatic rings. The third-order valence-electron chi connectivity index (χ3n) is 5.19. The summed E-state index contributed by atoms with van der Waals surface area (Å²) in [6, 6.07) is 1.86. The van der Waals surface area contributed by atoms with Crippen LogP contribution in [0.5, 0.6) is 0 Å². The summed E-state index contributed by atoms with van der Waals surface area (Å²) >= 11 is 0. The van der Waals surface area contributed by atoms with Crippen LogP contribution in [0, 0.1) is 18.6 Å². The quantitative estimate of drug-likeness (QED) is 0.851. The van der Waals surface area contributed by atoms with E-state index in [0.717, 1.165) is 36.5 Å². The standard InChI is InChI=1S/C17H20F2N4OS/c1-9-2-11(18)3-13(16(9)19)17-14(20)4-12(8-25(17)24)23-6-10-5-21-22-15(10)7-23/h2-3,5,12,14,17H,4,6-8,20H2,1H3,(H,21,22)/t12-,14+,17?,25?/m1/s1. The molecule has 2 aliphatic heterocycles. The van der Waals surface area contributed by atoms with Crippen LogP contribution in [0.4, 0.5) is 8.78 Å². The molecule has 0 spiro atoms. The minimum Gasteiger partial charge on any atom is -0.326 e. The Morgan fingerprint density at radius 3 is 2.88 bits per heavy atom. The zero-order valence-electron chi connectivity index (χ0n) is 13.8. The molecular formula is C17H20F2N4OS. The van der Waals surface area contributed by atoms with Gasteiger partial charge in [0.25, 0.3) is 0 Å². The van der Waals surface area contributed by atoms with Gasteiger partial charge in [0.2, 0.25) is 0 Å². The predicted molar refractivity (Wildman–Crippen MR) is 91.1 cm³/mol. The maximum absolute atomic E-state index is 14.5. The lowest BCUT2D eigenvalue weighted by molar-refractivity contribution is 0.188. The van der Waals surface area contributed by atoms with Gasteiger partial charge in [0.15, 0.2) is 0 Å². The van der Waals surface area contributed by atoms with Gasteiger partial charge in [-0.2, -0.15) is 5.10 Å². The lowest BCUT2D eigenvalue weighted by atomic mass is 9.97. The Morgan fingerprint density at radius 1 is 1.36 bits per heavy atom. The summed E-state index contributed by atoms with van der Waals surface area (Å²) in [7, 11) is -1.36. The van der Waals surface area contributed by atoms with E-state index in [0.29, 0.717) is 12.2 Å². The number of aryl methyl sites for hydroxylation is 1. The zero-order valence-corrected chi connectivity index (χ0v) is 14.7. The summed E-state index contributed by atoms with van der Waals surface area (Å²) in [4.78, 5) is 2.23. The van der Waals surface area contributed by atoms with Crippen molar-refractivity contribution >= 4 is 10.8 Å². The summed E-state index contributed by atoms with van der Waals surface area (Å²) in [6.07, 6.45) is 2.41. The topological polar surface area (TPSA) is 75.0 Å². The molecule has 2 aliphatic rings. The van der Waals surface area contributed by atoms with Crippen LogP contribution in [0.3, 0.4) is 0 Å². The number of hydrogen-bond donors (Lipinski definition) is 2. The number of fused-ring (bicyclic) bond motifs is 1. The molecule has 3 heterocycles. The number of aromatic amines is 1. The van der Waals surface area contributed by atoms with E-state index in [1.165, 1.54) is 6.92 Å². The molecule has 1 saturated heterocycles. The van der Waals surface area contributed by atoms with Crippen LogP contribution in [0.2, 0.25) is 0 Å². The number of aromatic nitrogens is 2. The average molecular weight is 366 g/mol. The second kappa shape index (κ2) is 6.26. The van der Waals surface area contributed by atoms with Gasteiger partial charge >= 0.3 is 0 Å². The van der Waals surface area contributed by atoms with Crippen molar-refractivity contribution in [2.45, 2.75) is 43.8 Å². The molecular weight excluding hydrogens is 346 g/mol. The molecule has 0 saturated carbocycles. The monoisotopic (exact) mass is 366 g/mol. The number of benzene rings is 1. The Hall–Kier alpha value is -1.64. The first-order chi connectivity index (χ1) is 11.9. The van der Waals surface area contributed by atoms with Gasteiger partial charge in [0.1, 0.15) is 11.6 Å². The van der Waals surface area contributed by atoms with E-state index in [2.05, 4.69) is 15.1 Å². The average Bonchev–Trinajstić information content (AvgIpc) is 3.12. The highest BCUT2D eigenvalue weighted by atomic mass is 32.2. The molecule has 1 aromatic heterocycles. The van der Waals surface area contributed by atoms with Gasteiger partial charge in [-0.3, -0.25) is 14.2 Å². The van der Waals surface area contributed by atoms with Gasteiger partial charge in [0, 0.05) is 52.9 Å². The molecule has 1 fully saturated rings. The lowest BCUT2D eigenvalue weighted by Crippen LogP contribution is -2.49. The molecule has 4 atom stereocenters. The van der Waals surface area contributed by atoms with E-state index in [4.69, 9.17) is 5.73 Å². The number of H-pyrrole nitrogens is 1. The van der Waals surface area contributed by atoms with Crippen molar-refractivity contribution in [2.75, 3.05) is 5.75 Å². The van der Waals surface area contributed by atoms with E-state index in [1.807, 2.05) is 6.20 Å². The molecule has 3 N–H and O–H groups in total. The smallest absolute Gasteiger partial charge is 0.130 e. The fraction of sp³-hybridized carbons (Fsp3) is 0.471. The maximum atomic E-state index is 14.5. The Balaban J connectivity index is 1.55. The van der Waals surface area contributed by atoms with Crippen LogP contribution in [0.25, 0.3) is 0 Å². The number of hydrogen-bond acceptors (Lipinski definition) is 4. The summed E-state index contributed by atoms with van der Waals surface area (Å²) < 4.78 is 41.1. The van der Waals surface area contributed by atoms with Gasteiger partial charge in [0.05, 0.1) is 17.1 Å². The van der Waals surface area contributed by atoms with Crippen LogP contribution in [0.15, 0.2) is 18.3 Å². The molecule has 134 valence electrons. The van der Waals surface area contributed by atoms with E-state index in [-0.39, 0.29) is 17.2 Å². The molecule has 5 nitrogen and oxygen atoms in total. The Labute approximate surface area is 147 Å². The SMILES string of the molecule is Cc1cc(F)cc(C2[C@@H](N)C[C@@H](N3Cc4cn[nH]c4C3)CS2=O)c1F.